The molecule has 0 bridgehead atoms. The maximum absolute atomic E-state index is 6.02. The summed E-state index contributed by atoms with van der Waals surface area (Å²) < 4.78 is 6.02. The highest BCUT2D eigenvalue weighted by atomic mass is 16.5. The standard InChI is InChI=1S/C16H18N2O/c1-18(13-7-3-2-4-8-13)12-14-11-17-15-9-5-6-10-16(15)19-14/h2-10,14,17H,11-12H2,1H3. The largest absolute Gasteiger partial charge is 0.485 e. The highest BCUT2D eigenvalue weighted by molar-refractivity contribution is 5.58. The van der Waals surface area contributed by atoms with Crippen LogP contribution < -0.4 is 15.0 Å². The molecule has 2 aromatic rings. The highest BCUT2D eigenvalue weighted by Gasteiger charge is 2.20. The predicted molar refractivity (Wildman–Crippen MR) is 79.1 cm³/mol. The summed E-state index contributed by atoms with van der Waals surface area (Å²) in [6, 6.07) is 18.5. The Balaban J connectivity index is 1.66. The molecular weight excluding hydrogens is 236 g/mol. The zero-order chi connectivity index (χ0) is 13.1. The Morgan fingerprint density at radius 2 is 1.84 bits per heavy atom. The molecule has 1 aliphatic heterocycles. The van der Waals surface area contributed by atoms with Gasteiger partial charge in [-0.1, -0.05) is 30.3 Å². The lowest BCUT2D eigenvalue weighted by atomic mass is 10.2. The van der Waals surface area contributed by atoms with Gasteiger partial charge < -0.3 is 15.0 Å². The van der Waals surface area contributed by atoms with Crippen molar-refractivity contribution in [2.45, 2.75) is 6.10 Å². The van der Waals surface area contributed by atoms with E-state index < -0.39 is 0 Å². The molecule has 0 saturated heterocycles. The second kappa shape index (κ2) is 5.22. The van der Waals surface area contributed by atoms with Crippen LogP contribution in [0.4, 0.5) is 11.4 Å². The summed E-state index contributed by atoms with van der Waals surface area (Å²) >= 11 is 0. The van der Waals surface area contributed by atoms with E-state index in [0.717, 1.165) is 24.5 Å². The Morgan fingerprint density at radius 1 is 1.11 bits per heavy atom. The van der Waals surface area contributed by atoms with Crippen LogP contribution in [0.25, 0.3) is 0 Å². The lowest BCUT2D eigenvalue weighted by molar-refractivity contribution is 0.212. The number of benzene rings is 2. The van der Waals surface area contributed by atoms with Crippen LogP contribution in [0.3, 0.4) is 0 Å². The van der Waals surface area contributed by atoms with Crippen LogP contribution in [0.2, 0.25) is 0 Å². The van der Waals surface area contributed by atoms with Gasteiger partial charge >= 0.3 is 0 Å². The van der Waals surface area contributed by atoms with E-state index in [-0.39, 0.29) is 6.10 Å². The summed E-state index contributed by atoms with van der Waals surface area (Å²) in [5, 5.41) is 3.42. The van der Waals surface area contributed by atoms with Gasteiger partial charge in [-0.25, -0.2) is 0 Å². The molecule has 1 N–H and O–H groups in total. The monoisotopic (exact) mass is 254 g/mol. The van der Waals surface area contributed by atoms with E-state index in [1.165, 1.54) is 5.69 Å². The second-order valence-corrected chi connectivity index (χ2v) is 4.83. The summed E-state index contributed by atoms with van der Waals surface area (Å²) in [4.78, 5) is 2.22. The average Bonchev–Trinajstić information content (AvgIpc) is 2.48. The third kappa shape index (κ3) is 2.65. The summed E-state index contributed by atoms with van der Waals surface area (Å²) in [5.74, 6) is 0.945. The fourth-order valence-corrected chi connectivity index (χ4v) is 2.36. The molecule has 0 amide bonds. The van der Waals surface area contributed by atoms with Gasteiger partial charge in [0.1, 0.15) is 11.9 Å². The highest BCUT2D eigenvalue weighted by Crippen LogP contribution is 2.28. The Morgan fingerprint density at radius 3 is 2.68 bits per heavy atom. The van der Waals surface area contributed by atoms with Gasteiger partial charge in [-0.3, -0.25) is 0 Å². The van der Waals surface area contributed by atoms with Crippen LogP contribution in [0, 0.1) is 0 Å². The lowest BCUT2D eigenvalue weighted by Gasteiger charge is -2.31. The van der Waals surface area contributed by atoms with Crippen LogP contribution in [-0.4, -0.2) is 26.2 Å². The predicted octanol–water partition coefficient (Wildman–Crippen LogP) is 3.00. The summed E-state index contributed by atoms with van der Waals surface area (Å²) in [7, 11) is 2.10. The van der Waals surface area contributed by atoms with Gasteiger partial charge in [0.05, 0.1) is 18.8 Å². The van der Waals surface area contributed by atoms with E-state index in [0.29, 0.717) is 0 Å². The van der Waals surface area contributed by atoms with Crippen LogP contribution in [0.1, 0.15) is 0 Å². The Hall–Kier alpha value is -2.16. The topological polar surface area (TPSA) is 24.5 Å². The molecule has 3 nitrogen and oxygen atoms in total. The average molecular weight is 254 g/mol. The van der Waals surface area contributed by atoms with Crippen molar-refractivity contribution in [1.82, 2.24) is 0 Å². The first-order valence-corrected chi connectivity index (χ1v) is 6.58. The Bertz CT molecular complexity index is 541. The molecule has 1 unspecified atom stereocenters. The van der Waals surface area contributed by atoms with Crippen LogP contribution in [0.15, 0.2) is 54.6 Å². The van der Waals surface area contributed by atoms with Crippen LogP contribution in [0.5, 0.6) is 5.75 Å². The minimum atomic E-state index is 0.167. The van der Waals surface area contributed by atoms with E-state index in [1.807, 2.05) is 30.3 Å². The van der Waals surface area contributed by atoms with Gasteiger partial charge in [-0.2, -0.15) is 0 Å². The first-order chi connectivity index (χ1) is 9.33. The number of para-hydroxylation sites is 3. The van der Waals surface area contributed by atoms with Gasteiger partial charge in [0.25, 0.3) is 0 Å². The minimum absolute atomic E-state index is 0.167. The number of hydrogen-bond donors (Lipinski definition) is 1. The maximum Gasteiger partial charge on any atom is 0.143 e. The number of hydrogen-bond acceptors (Lipinski definition) is 3. The molecule has 0 spiro atoms. The molecule has 2 aromatic carbocycles. The van der Waals surface area contributed by atoms with Gasteiger partial charge in [0.2, 0.25) is 0 Å². The third-order valence-electron chi connectivity index (χ3n) is 3.38. The van der Waals surface area contributed by atoms with Crippen molar-refractivity contribution in [3.63, 3.8) is 0 Å². The fourth-order valence-electron chi connectivity index (χ4n) is 2.36. The molecule has 1 heterocycles. The van der Waals surface area contributed by atoms with Crippen LogP contribution >= 0.6 is 0 Å². The van der Waals surface area contributed by atoms with E-state index in [1.54, 1.807) is 0 Å². The van der Waals surface area contributed by atoms with Crippen molar-refractivity contribution in [3.05, 3.63) is 54.6 Å². The number of anilines is 2. The first-order valence-electron chi connectivity index (χ1n) is 6.58. The van der Waals surface area contributed by atoms with Crippen LogP contribution in [-0.2, 0) is 0 Å². The van der Waals surface area contributed by atoms with Crippen molar-refractivity contribution < 1.29 is 4.74 Å². The molecule has 3 heteroatoms. The molecule has 1 atom stereocenters. The third-order valence-corrected chi connectivity index (χ3v) is 3.38. The Kier molecular flexibility index (Phi) is 3.27. The van der Waals surface area contributed by atoms with Gasteiger partial charge in [-0.15, -0.1) is 0 Å². The summed E-state index contributed by atoms with van der Waals surface area (Å²) in [6.07, 6.45) is 0.167. The number of rotatable bonds is 3. The molecule has 0 fully saturated rings. The maximum atomic E-state index is 6.02. The van der Waals surface area contributed by atoms with Gasteiger partial charge in [0.15, 0.2) is 0 Å². The van der Waals surface area contributed by atoms with Gasteiger partial charge in [-0.05, 0) is 24.3 Å². The second-order valence-electron chi connectivity index (χ2n) is 4.83. The molecule has 3 rings (SSSR count). The summed E-state index contributed by atoms with van der Waals surface area (Å²) in [5.41, 5.74) is 2.30. The molecule has 0 aromatic heterocycles. The number of ether oxygens (including phenoxy) is 1. The normalized spacial score (nSPS) is 17.0. The lowest BCUT2D eigenvalue weighted by Crippen LogP contribution is -2.40. The molecular formula is C16H18N2O. The van der Waals surface area contributed by atoms with Crippen molar-refractivity contribution in [1.29, 1.82) is 0 Å². The zero-order valence-corrected chi connectivity index (χ0v) is 11.0. The van der Waals surface area contributed by atoms with Crippen molar-refractivity contribution in [2.24, 2.45) is 0 Å². The van der Waals surface area contributed by atoms with E-state index in [9.17, 15) is 0 Å². The molecule has 98 valence electrons. The fraction of sp³-hybridized carbons (Fsp3) is 0.250. The molecule has 0 radical (unpaired) electrons. The molecule has 19 heavy (non-hydrogen) atoms. The minimum Gasteiger partial charge on any atom is -0.485 e. The molecule has 0 aliphatic carbocycles. The van der Waals surface area contributed by atoms with E-state index in [4.69, 9.17) is 4.74 Å². The van der Waals surface area contributed by atoms with E-state index in [2.05, 4.69) is 41.5 Å². The number of nitrogens with one attached hydrogen (secondary N) is 1. The van der Waals surface area contributed by atoms with Crippen molar-refractivity contribution in [3.8, 4) is 5.75 Å². The van der Waals surface area contributed by atoms with Crippen molar-refractivity contribution in [2.75, 3.05) is 30.4 Å². The molecule has 0 saturated carbocycles. The van der Waals surface area contributed by atoms with E-state index >= 15 is 0 Å². The first kappa shape index (κ1) is 11.9. The number of nitrogens with zero attached hydrogens (tertiary/aromatic N) is 1. The smallest absolute Gasteiger partial charge is 0.143 e. The zero-order valence-electron chi connectivity index (χ0n) is 11.0. The molecule has 1 aliphatic rings. The summed E-state index contributed by atoms with van der Waals surface area (Å²) in [6.45, 7) is 1.71. The van der Waals surface area contributed by atoms with Gasteiger partial charge in [0, 0.05) is 12.7 Å². The number of likely N-dealkylation sites (N-methyl/N-ethyl adjacent to an activating group) is 1. The van der Waals surface area contributed by atoms with Crippen molar-refractivity contribution >= 4 is 11.4 Å². The number of fused-ring (bicyclic) bond motifs is 1. The SMILES string of the molecule is CN(CC1CNc2ccccc2O1)c1ccccc1. The quantitative estimate of drug-likeness (QED) is 0.911. The Labute approximate surface area is 113 Å².